The van der Waals surface area contributed by atoms with Crippen LogP contribution in [0.3, 0.4) is 0 Å². The van der Waals surface area contributed by atoms with Gasteiger partial charge in [0, 0.05) is 19.3 Å². The summed E-state index contributed by atoms with van der Waals surface area (Å²) < 4.78 is 2.26. The van der Waals surface area contributed by atoms with Crippen LogP contribution in [0.2, 0.25) is 0 Å². The van der Waals surface area contributed by atoms with Crippen molar-refractivity contribution in [2.24, 2.45) is 0 Å². The third-order valence-electron chi connectivity index (χ3n) is 2.11. The number of nitrogens with zero attached hydrogens (tertiary/aromatic N) is 2. The predicted molar refractivity (Wildman–Crippen MR) is 56.5 cm³/mol. The zero-order valence-electron chi connectivity index (χ0n) is 8.49. The first-order valence-corrected chi connectivity index (χ1v) is 4.94. The zero-order valence-corrected chi connectivity index (χ0v) is 9.24. The molecule has 0 spiro atoms. The molecule has 1 aromatic heterocycles. The van der Waals surface area contributed by atoms with Crippen molar-refractivity contribution < 1.29 is 4.79 Å². The van der Waals surface area contributed by atoms with Gasteiger partial charge in [0.2, 0.25) is 0 Å². The maximum absolute atomic E-state index is 11.6. The Bertz CT molecular complexity index is 501. The van der Waals surface area contributed by atoms with Gasteiger partial charge in [-0.1, -0.05) is 0 Å². The van der Waals surface area contributed by atoms with Crippen LogP contribution in [0.25, 0.3) is 0 Å². The first kappa shape index (κ1) is 11.7. The highest BCUT2D eigenvalue weighted by Gasteiger charge is 2.13. The number of halogens is 1. The molecule has 0 fully saturated rings. The van der Waals surface area contributed by atoms with E-state index in [1.807, 2.05) is 0 Å². The summed E-state index contributed by atoms with van der Waals surface area (Å²) in [6.45, 7) is 4.01. The molecule has 0 radical (unpaired) electrons. The maximum atomic E-state index is 11.6. The number of aryl methyl sites for hydroxylation is 1. The van der Waals surface area contributed by atoms with E-state index in [0.717, 1.165) is 4.57 Å². The van der Waals surface area contributed by atoms with Crippen molar-refractivity contribution in [2.75, 3.05) is 0 Å². The summed E-state index contributed by atoms with van der Waals surface area (Å²) in [5.41, 5.74) is -1.22. The average molecular weight is 231 g/mol. The number of aromatic nitrogens is 2. The molecular weight excluding hydrogens is 220 g/mol. The van der Waals surface area contributed by atoms with Crippen molar-refractivity contribution in [1.29, 1.82) is 0 Å². The molecule has 0 aliphatic rings. The fourth-order valence-corrected chi connectivity index (χ4v) is 1.42. The first-order valence-electron chi connectivity index (χ1n) is 4.57. The second-order valence-corrected chi connectivity index (χ2v) is 3.28. The monoisotopic (exact) mass is 230 g/mol. The van der Waals surface area contributed by atoms with Gasteiger partial charge in [-0.25, -0.2) is 4.79 Å². The summed E-state index contributed by atoms with van der Waals surface area (Å²) in [5, 5.41) is -0.843. The fraction of sp³-hybridized carbons (Fsp3) is 0.444. The van der Waals surface area contributed by atoms with E-state index in [4.69, 9.17) is 11.6 Å². The Labute approximate surface area is 90.9 Å². The van der Waals surface area contributed by atoms with Crippen molar-refractivity contribution in [3.8, 4) is 0 Å². The van der Waals surface area contributed by atoms with Crippen LogP contribution in [0.5, 0.6) is 0 Å². The molecule has 0 aliphatic heterocycles. The van der Waals surface area contributed by atoms with Gasteiger partial charge in [-0.15, -0.1) is 0 Å². The Morgan fingerprint density at radius 2 is 1.93 bits per heavy atom. The summed E-state index contributed by atoms with van der Waals surface area (Å²) in [4.78, 5) is 34.1. The number of carbonyl (C=O) groups is 1. The Hall–Kier alpha value is -1.36. The largest absolute Gasteiger partial charge is 0.330 e. The van der Waals surface area contributed by atoms with Crippen LogP contribution in [0.1, 0.15) is 24.2 Å². The minimum absolute atomic E-state index is 0.167. The third kappa shape index (κ3) is 2.02. The summed E-state index contributed by atoms with van der Waals surface area (Å²) >= 11 is 5.25. The van der Waals surface area contributed by atoms with E-state index in [1.165, 1.54) is 10.8 Å². The second kappa shape index (κ2) is 4.44. The summed E-state index contributed by atoms with van der Waals surface area (Å²) in [5.74, 6) is 0. The van der Waals surface area contributed by atoms with Crippen LogP contribution in [-0.2, 0) is 13.1 Å². The Morgan fingerprint density at radius 3 is 2.33 bits per heavy atom. The van der Waals surface area contributed by atoms with Crippen molar-refractivity contribution in [2.45, 2.75) is 26.9 Å². The number of carbonyl (C=O) groups excluding carboxylic acids is 1. The van der Waals surface area contributed by atoms with Crippen molar-refractivity contribution in [3.05, 3.63) is 32.6 Å². The smallest absolute Gasteiger partial charge is 0.300 e. The van der Waals surface area contributed by atoms with E-state index >= 15 is 0 Å². The van der Waals surface area contributed by atoms with Gasteiger partial charge in [0.25, 0.3) is 10.8 Å². The molecule has 15 heavy (non-hydrogen) atoms. The van der Waals surface area contributed by atoms with Crippen LogP contribution in [0.4, 0.5) is 0 Å². The molecule has 0 bridgehead atoms. The highest BCUT2D eigenvalue weighted by Crippen LogP contribution is 1.95. The van der Waals surface area contributed by atoms with Gasteiger partial charge in [-0.3, -0.25) is 18.7 Å². The van der Waals surface area contributed by atoms with Crippen LogP contribution in [0.15, 0.2) is 15.8 Å². The molecule has 1 heterocycles. The number of hydrogen-bond donors (Lipinski definition) is 0. The van der Waals surface area contributed by atoms with Crippen LogP contribution in [0, 0.1) is 0 Å². The fourth-order valence-electron chi connectivity index (χ4n) is 1.29. The first-order chi connectivity index (χ1) is 7.02. The van der Waals surface area contributed by atoms with Gasteiger partial charge in [-0.05, 0) is 25.4 Å². The molecule has 0 N–H and O–H groups in total. The van der Waals surface area contributed by atoms with Gasteiger partial charge >= 0.3 is 5.69 Å². The van der Waals surface area contributed by atoms with E-state index in [1.54, 1.807) is 13.8 Å². The summed E-state index contributed by atoms with van der Waals surface area (Å²) in [7, 11) is 0. The molecule has 0 saturated heterocycles. The quantitative estimate of drug-likeness (QED) is 0.708. The van der Waals surface area contributed by atoms with Gasteiger partial charge < -0.3 is 0 Å². The van der Waals surface area contributed by atoms with Crippen molar-refractivity contribution >= 4 is 16.8 Å². The molecule has 1 rings (SSSR count). The molecule has 6 heteroatoms. The van der Waals surface area contributed by atoms with Gasteiger partial charge in [0.1, 0.15) is 5.56 Å². The van der Waals surface area contributed by atoms with E-state index < -0.39 is 16.5 Å². The molecule has 0 aliphatic carbocycles. The number of rotatable bonds is 3. The van der Waals surface area contributed by atoms with E-state index in [9.17, 15) is 14.4 Å². The topological polar surface area (TPSA) is 61.1 Å². The highest BCUT2D eigenvalue weighted by molar-refractivity contribution is 6.67. The molecule has 0 amide bonds. The Kier molecular flexibility index (Phi) is 3.47. The summed E-state index contributed by atoms with van der Waals surface area (Å²) in [6.07, 6.45) is 1.20. The Balaban J connectivity index is 3.67. The van der Waals surface area contributed by atoms with Gasteiger partial charge in [0.15, 0.2) is 0 Å². The molecule has 0 aromatic carbocycles. The molecule has 1 aromatic rings. The lowest BCUT2D eigenvalue weighted by molar-refractivity contribution is 0.107. The normalized spacial score (nSPS) is 10.3. The van der Waals surface area contributed by atoms with Crippen molar-refractivity contribution in [1.82, 2.24) is 9.13 Å². The maximum Gasteiger partial charge on any atom is 0.330 e. The van der Waals surface area contributed by atoms with Gasteiger partial charge in [-0.2, -0.15) is 0 Å². The lowest BCUT2D eigenvalue weighted by Gasteiger charge is -2.07. The lowest BCUT2D eigenvalue weighted by atomic mass is 10.3. The zero-order chi connectivity index (χ0) is 11.6. The van der Waals surface area contributed by atoms with Crippen LogP contribution >= 0.6 is 11.6 Å². The van der Waals surface area contributed by atoms with Crippen LogP contribution in [-0.4, -0.2) is 14.4 Å². The second-order valence-electron chi connectivity index (χ2n) is 2.93. The minimum atomic E-state index is -0.843. The minimum Gasteiger partial charge on any atom is -0.300 e. The molecule has 0 atom stereocenters. The van der Waals surface area contributed by atoms with Gasteiger partial charge in [0.05, 0.1) is 0 Å². The Morgan fingerprint density at radius 1 is 1.33 bits per heavy atom. The number of hydrogen-bond acceptors (Lipinski definition) is 3. The van der Waals surface area contributed by atoms with Crippen LogP contribution < -0.4 is 11.2 Å². The van der Waals surface area contributed by atoms with Crippen molar-refractivity contribution in [3.63, 3.8) is 0 Å². The molecule has 0 saturated carbocycles. The molecule has 5 nitrogen and oxygen atoms in total. The SMILES string of the molecule is CCn1cc(C(=O)Cl)c(=O)n(CC)c1=O. The third-order valence-corrected chi connectivity index (χ3v) is 2.31. The standard InChI is InChI=1S/C9H11ClN2O3/c1-3-11-5-6(7(10)13)8(14)12(4-2)9(11)15/h5H,3-4H2,1-2H3. The van der Waals surface area contributed by atoms with E-state index in [-0.39, 0.29) is 12.1 Å². The average Bonchev–Trinajstić information content (AvgIpc) is 2.18. The molecule has 0 unspecified atom stereocenters. The molecular formula is C9H11ClN2O3. The van der Waals surface area contributed by atoms with E-state index in [2.05, 4.69) is 0 Å². The highest BCUT2D eigenvalue weighted by atomic mass is 35.5. The predicted octanol–water partition coefficient (Wildman–Crippen LogP) is 0.429. The lowest BCUT2D eigenvalue weighted by Crippen LogP contribution is -2.41. The summed E-state index contributed by atoms with van der Waals surface area (Å²) in [6, 6.07) is 0. The molecule has 82 valence electrons. The van der Waals surface area contributed by atoms with E-state index in [0.29, 0.717) is 6.54 Å².